The first-order chi connectivity index (χ1) is 12.8. The van der Waals surface area contributed by atoms with E-state index in [1.165, 1.54) is 32.1 Å². The third-order valence-corrected chi connectivity index (χ3v) is 4.86. The predicted molar refractivity (Wildman–Crippen MR) is 103 cm³/mol. The largest absolute Gasteiger partial charge is 0.382 e. The number of amides is 1. The van der Waals surface area contributed by atoms with Crippen molar-refractivity contribution in [2.24, 2.45) is 0 Å². The van der Waals surface area contributed by atoms with Gasteiger partial charge < -0.3 is 10.6 Å². The predicted octanol–water partition coefficient (Wildman–Crippen LogP) is 3.81. The minimum atomic E-state index is -0.117. The van der Waals surface area contributed by atoms with Crippen molar-refractivity contribution >= 4 is 28.3 Å². The van der Waals surface area contributed by atoms with Crippen molar-refractivity contribution in [3.8, 4) is 0 Å². The molecule has 2 aromatic carbocycles. The molecule has 0 aliphatic heterocycles. The van der Waals surface area contributed by atoms with E-state index >= 15 is 0 Å². The lowest BCUT2D eigenvalue weighted by Crippen LogP contribution is -2.22. The van der Waals surface area contributed by atoms with E-state index < -0.39 is 0 Å². The third-order valence-electron chi connectivity index (χ3n) is 4.86. The van der Waals surface area contributed by atoms with Crippen LogP contribution in [-0.4, -0.2) is 26.9 Å². The molecule has 0 atom stereocenters. The lowest BCUT2D eigenvalue weighted by atomic mass is 9.95. The molecule has 0 bridgehead atoms. The molecule has 0 saturated heterocycles. The molecular weight excluding hydrogens is 326 g/mol. The highest BCUT2D eigenvalue weighted by Crippen LogP contribution is 2.22. The Balaban J connectivity index is 1.35. The molecule has 1 fully saturated rings. The van der Waals surface area contributed by atoms with Gasteiger partial charge in [0.2, 0.25) is 5.91 Å². The fourth-order valence-electron chi connectivity index (χ4n) is 3.50. The number of anilines is 2. The quantitative estimate of drug-likeness (QED) is 0.735. The molecule has 0 unspecified atom stereocenters. The Hall–Kier alpha value is -2.89. The standard InChI is InChI=1S/C20H23N5O/c26-20(14-25-19-9-5-4-8-18(19)23-24-25)22-17-12-10-16(11-13-17)21-15-6-2-1-3-7-15/h4-5,8-13,15,21H,1-3,6-7,14H2,(H,22,26). The molecule has 1 aromatic heterocycles. The monoisotopic (exact) mass is 349 g/mol. The zero-order valence-corrected chi connectivity index (χ0v) is 14.7. The van der Waals surface area contributed by atoms with Gasteiger partial charge in [-0.2, -0.15) is 0 Å². The van der Waals surface area contributed by atoms with E-state index in [4.69, 9.17) is 0 Å². The van der Waals surface area contributed by atoms with Gasteiger partial charge in [-0.25, -0.2) is 4.68 Å². The summed E-state index contributed by atoms with van der Waals surface area (Å²) in [5, 5.41) is 14.6. The number of hydrogen-bond acceptors (Lipinski definition) is 4. The molecule has 3 aromatic rings. The van der Waals surface area contributed by atoms with Crippen molar-refractivity contribution in [2.75, 3.05) is 10.6 Å². The molecule has 1 heterocycles. The van der Waals surface area contributed by atoms with Gasteiger partial charge >= 0.3 is 0 Å². The Morgan fingerprint density at radius 3 is 2.54 bits per heavy atom. The van der Waals surface area contributed by atoms with Gasteiger partial charge in [0.05, 0.1) is 5.52 Å². The van der Waals surface area contributed by atoms with Crippen LogP contribution in [0.5, 0.6) is 0 Å². The number of benzene rings is 2. The number of carbonyl (C=O) groups is 1. The number of nitrogens with one attached hydrogen (secondary N) is 2. The Labute approximate surface area is 152 Å². The van der Waals surface area contributed by atoms with Crippen LogP contribution in [0.1, 0.15) is 32.1 Å². The number of para-hydroxylation sites is 1. The molecule has 26 heavy (non-hydrogen) atoms. The van der Waals surface area contributed by atoms with Gasteiger partial charge in [0.25, 0.3) is 0 Å². The molecule has 6 nitrogen and oxygen atoms in total. The van der Waals surface area contributed by atoms with Crippen LogP contribution in [0.25, 0.3) is 11.0 Å². The SMILES string of the molecule is O=C(Cn1nnc2ccccc21)Nc1ccc(NC2CCCCC2)cc1. The average Bonchev–Trinajstić information content (AvgIpc) is 3.07. The zero-order valence-electron chi connectivity index (χ0n) is 14.7. The average molecular weight is 349 g/mol. The molecule has 0 radical (unpaired) electrons. The van der Waals surface area contributed by atoms with E-state index in [0.717, 1.165) is 22.4 Å². The van der Waals surface area contributed by atoms with E-state index in [1.807, 2.05) is 48.5 Å². The number of hydrogen-bond donors (Lipinski definition) is 2. The highest BCUT2D eigenvalue weighted by Gasteiger charge is 2.13. The van der Waals surface area contributed by atoms with Crippen molar-refractivity contribution < 1.29 is 4.79 Å². The number of nitrogens with zero attached hydrogens (tertiary/aromatic N) is 3. The third kappa shape index (κ3) is 3.85. The highest BCUT2D eigenvalue weighted by atomic mass is 16.2. The van der Waals surface area contributed by atoms with Crippen molar-refractivity contribution in [3.05, 3.63) is 48.5 Å². The van der Waals surface area contributed by atoms with E-state index in [1.54, 1.807) is 4.68 Å². The van der Waals surface area contributed by atoms with Crippen LogP contribution in [0.15, 0.2) is 48.5 Å². The number of fused-ring (bicyclic) bond motifs is 1. The number of aromatic nitrogens is 3. The maximum absolute atomic E-state index is 12.3. The molecule has 2 N–H and O–H groups in total. The fraction of sp³-hybridized carbons (Fsp3) is 0.350. The summed E-state index contributed by atoms with van der Waals surface area (Å²) >= 11 is 0. The first-order valence-electron chi connectivity index (χ1n) is 9.23. The van der Waals surface area contributed by atoms with E-state index in [2.05, 4.69) is 20.9 Å². The van der Waals surface area contributed by atoms with Crippen LogP contribution in [-0.2, 0) is 11.3 Å². The first-order valence-corrected chi connectivity index (χ1v) is 9.23. The van der Waals surface area contributed by atoms with E-state index in [0.29, 0.717) is 6.04 Å². The maximum Gasteiger partial charge on any atom is 0.246 e. The normalized spacial score (nSPS) is 15.1. The minimum Gasteiger partial charge on any atom is -0.382 e. The summed E-state index contributed by atoms with van der Waals surface area (Å²) in [5.74, 6) is -0.117. The second kappa shape index (κ2) is 7.56. The van der Waals surface area contributed by atoms with Crippen molar-refractivity contribution in [1.29, 1.82) is 0 Å². The molecule has 6 heteroatoms. The highest BCUT2D eigenvalue weighted by molar-refractivity contribution is 5.91. The second-order valence-electron chi connectivity index (χ2n) is 6.84. The minimum absolute atomic E-state index is 0.117. The Bertz CT molecular complexity index is 881. The maximum atomic E-state index is 12.3. The summed E-state index contributed by atoms with van der Waals surface area (Å²) < 4.78 is 1.61. The molecular formula is C20H23N5O. The van der Waals surface area contributed by atoms with Crippen LogP contribution in [0, 0.1) is 0 Å². The van der Waals surface area contributed by atoms with Crippen LogP contribution >= 0.6 is 0 Å². The first kappa shape index (κ1) is 16.6. The van der Waals surface area contributed by atoms with Gasteiger partial charge in [-0.15, -0.1) is 5.10 Å². The summed E-state index contributed by atoms with van der Waals surface area (Å²) in [6.07, 6.45) is 6.45. The van der Waals surface area contributed by atoms with Crippen molar-refractivity contribution in [1.82, 2.24) is 15.0 Å². The zero-order chi connectivity index (χ0) is 17.8. The van der Waals surface area contributed by atoms with Gasteiger partial charge in [0, 0.05) is 17.4 Å². The van der Waals surface area contributed by atoms with Gasteiger partial charge in [-0.3, -0.25) is 4.79 Å². The number of rotatable bonds is 5. The van der Waals surface area contributed by atoms with E-state index in [9.17, 15) is 4.79 Å². The fourth-order valence-corrected chi connectivity index (χ4v) is 3.50. The Morgan fingerprint density at radius 1 is 1.00 bits per heavy atom. The molecule has 1 aliphatic rings. The molecule has 134 valence electrons. The van der Waals surface area contributed by atoms with Crippen molar-refractivity contribution in [3.63, 3.8) is 0 Å². The smallest absolute Gasteiger partial charge is 0.246 e. The Kier molecular flexibility index (Phi) is 4.82. The molecule has 1 amide bonds. The van der Waals surface area contributed by atoms with Crippen LogP contribution in [0.3, 0.4) is 0 Å². The van der Waals surface area contributed by atoms with Crippen LogP contribution in [0.2, 0.25) is 0 Å². The van der Waals surface area contributed by atoms with Gasteiger partial charge in [0.1, 0.15) is 12.1 Å². The van der Waals surface area contributed by atoms with Gasteiger partial charge in [-0.1, -0.05) is 36.6 Å². The summed E-state index contributed by atoms with van der Waals surface area (Å²) in [6.45, 7) is 0.141. The summed E-state index contributed by atoms with van der Waals surface area (Å²) in [7, 11) is 0. The lowest BCUT2D eigenvalue weighted by Gasteiger charge is -2.23. The Morgan fingerprint density at radius 2 is 1.73 bits per heavy atom. The van der Waals surface area contributed by atoms with Crippen molar-refractivity contribution in [2.45, 2.75) is 44.7 Å². The summed E-state index contributed by atoms with van der Waals surface area (Å²) in [4.78, 5) is 12.3. The lowest BCUT2D eigenvalue weighted by molar-refractivity contribution is -0.116. The second-order valence-corrected chi connectivity index (χ2v) is 6.84. The van der Waals surface area contributed by atoms with Gasteiger partial charge in [0.15, 0.2) is 0 Å². The van der Waals surface area contributed by atoms with E-state index in [-0.39, 0.29) is 12.5 Å². The summed E-state index contributed by atoms with van der Waals surface area (Å²) in [6, 6.07) is 16.1. The molecule has 1 saturated carbocycles. The summed E-state index contributed by atoms with van der Waals surface area (Å²) in [5.41, 5.74) is 3.54. The molecule has 4 rings (SSSR count). The van der Waals surface area contributed by atoms with Crippen LogP contribution in [0.4, 0.5) is 11.4 Å². The molecule has 1 aliphatic carbocycles. The van der Waals surface area contributed by atoms with Crippen LogP contribution < -0.4 is 10.6 Å². The number of carbonyl (C=O) groups excluding carboxylic acids is 1. The van der Waals surface area contributed by atoms with Gasteiger partial charge in [-0.05, 0) is 49.2 Å². The topological polar surface area (TPSA) is 71.8 Å². The molecule has 0 spiro atoms.